The number of rotatable bonds is 4. The molecule has 2 unspecified atom stereocenters. The van der Waals surface area contributed by atoms with Crippen LogP contribution >= 0.6 is 0 Å². The number of aromatic nitrogens is 1. The maximum Gasteiger partial charge on any atom is 0.338 e. The maximum absolute atomic E-state index is 11.7. The minimum Gasteiger partial charge on any atom is -0.494 e. The van der Waals surface area contributed by atoms with Crippen molar-refractivity contribution in [2.24, 2.45) is 0 Å². The lowest BCUT2D eigenvalue weighted by Gasteiger charge is -2.07. The number of carbonyl (C=O) groups is 1. The molecule has 20 heavy (non-hydrogen) atoms. The highest BCUT2D eigenvalue weighted by Gasteiger charge is 2.48. The molecule has 1 saturated heterocycles. The van der Waals surface area contributed by atoms with Gasteiger partial charge in [0.2, 0.25) is 0 Å². The maximum atomic E-state index is 11.7. The van der Waals surface area contributed by atoms with Crippen LogP contribution in [0.1, 0.15) is 18.6 Å². The SMILES string of the molecule is CCOC(=O)C1OC1c1ccc(OC)c2ncccc12. The summed E-state index contributed by atoms with van der Waals surface area (Å²) in [7, 11) is 1.61. The van der Waals surface area contributed by atoms with Gasteiger partial charge in [0.15, 0.2) is 6.10 Å². The average Bonchev–Trinajstić information content (AvgIpc) is 3.27. The summed E-state index contributed by atoms with van der Waals surface area (Å²) in [6, 6.07) is 7.55. The number of hydrogen-bond donors (Lipinski definition) is 0. The van der Waals surface area contributed by atoms with Gasteiger partial charge in [0, 0.05) is 11.6 Å². The molecule has 5 nitrogen and oxygen atoms in total. The fourth-order valence-corrected chi connectivity index (χ4v) is 2.33. The first-order valence-electron chi connectivity index (χ1n) is 6.50. The Labute approximate surface area is 116 Å². The number of fused-ring (bicyclic) bond motifs is 1. The Bertz CT molecular complexity index is 655. The van der Waals surface area contributed by atoms with Gasteiger partial charge in [0.05, 0.1) is 13.7 Å². The van der Waals surface area contributed by atoms with E-state index < -0.39 is 6.10 Å². The zero-order valence-electron chi connectivity index (χ0n) is 11.3. The summed E-state index contributed by atoms with van der Waals surface area (Å²) in [4.78, 5) is 16.0. The van der Waals surface area contributed by atoms with E-state index >= 15 is 0 Å². The molecule has 1 aromatic carbocycles. The first-order valence-corrected chi connectivity index (χ1v) is 6.50. The number of carbonyl (C=O) groups excluding carboxylic acids is 1. The molecule has 2 heterocycles. The summed E-state index contributed by atoms with van der Waals surface area (Å²) in [6.07, 6.45) is 0.948. The Morgan fingerprint density at radius 3 is 3.00 bits per heavy atom. The van der Waals surface area contributed by atoms with Crippen molar-refractivity contribution in [1.82, 2.24) is 4.98 Å². The van der Waals surface area contributed by atoms with Gasteiger partial charge in [-0.2, -0.15) is 0 Å². The van der Waals surface area contributed by atoms with Crippen molar-refractivity contribution < 1.29 is 19.0 Å². The van der Waals surface area contributed by atoms with Gasteiger partial charge in [-0.3, -0.25) is 4.98 Å². The molecule has 3 rings (SSSR count). The first kappa shape index (κ1) is 12.9. The van der Waals surface area contributed by atoms with Crippen LogP contribution in [0.15, 0.2) is 30.5 Å². The zero-order chi connectivity index (χ0) is 14.1. The minimum absolute atomic E-state index is 0.258. The number of pyridine rings is 1. The van der Waals surface area contributed by atoms with E-state index in [0.29, 0.717) is 12.4 Å². The molecule has 0 radical (unpaired) electrons. The summed E-state index contributed by atoms with van der Waals surface area (Å²) in [5.74, 6) is 0.392. The molecule has 0 N–H and O–H groups in total. The van der Waals surface area contributed by atoms with E-state index in [9.17, 15) is 4.79 Å². The Morgan fingerprint density at radius 1 is 1.40 bits per heavy atom. The third kappa shape index (κ3) is 2.10. The summed E-state index contributed by atoms with van der Waals surface area (Å²) in [5, 5.41) is 0.934. The quantitative estimate of drug-likeness (QED) is 0.631. The number of epoxide rings is 1. The molecule has 1 aliphatic heterocycles. The van der Waals surface area contributed by atoms with E-state index in [1.165, 1.54) is 0 Å². The van der Waals surface area contributed by atoms with Gasteiger partial charge in [0.1, 0.15) is 17.4 Å². The number of esters is 1. The summed E-state index contributed by atoms with van der Waals surface area (Å²) in [5.41, 5.74) is 1.71. The minimum atomic E-state index is -0.508. The zero-order valence-corrected chi connectivity index (χ0v) is 11.3. The van der Waals surface area contributed by atoms with Gasteiger partial charge in [-0.05, 0) is 24.6 Å². The highest BCUT2D eigenvalue weighted by atomic mass is 16.6. The van der Waals surface area contributed by atoms with E-state index in [0.717, 1.165) is 16.5 Å². The third-order valence-corrected chi connectivity index (χ3v) is 3.30. The average molecular weight is 273 g/mol. The number of methoxy groups -OCH3 is 1. The van der Waals surface area contributed by atoms with Crippen LogP contribution in [0.4, 0.5) is 0 Å². The number of benzene rings is 1. The Balaban J connectivity index is 1.96. The van der Waals surface area contributed by atoms with Crippen LogP contribution in [0, 0.1) is 0 Å². The van der Waals surface area contributed by atoms with Crippen molar-refractivity contribution in [2.75, 3.05) is 13.7 Å². The van der Waals surface area contributed by atoms with Crippen molar-refractivity contribution in [3.05, 3.63) is 36.0 Å². The van der Waals surface area contributed by atoms with Gasteiger partial charge in [-0.25, -0.2) is 4.79 Å². The molecule has 0 bridgehead atoms. The molecule has 5 heteroatoms. The Morgan fingerprint density at radius 2 is 2.25 bits per heavy atom. The Hall–Kier alpha value is -2.14. The fraction of sp³-hybridized carbons (Fsp3) is 0.333. The second-order valence-corrected chi connectivity index (χ2v) is 4.49. The first-order chi connectivity index (χ1) is 9.76. The molecule has 0 amide bonds. The van der Waals surface area contributed by atoms with Crippen LogP contribution in [-0.2, 0) is 14.3 Å². The molecular formula is C15H15NO4. The topological polar surface area (TPSA) is 61.0 Å². The molecular weight excluding hydrogens is 258 g/mol. The highest BCUT2D eigenvalue weighted by molar-refractivity contribution is 5.89. The summed E-state index contributed by atoms with van der Waals surface area (Å²) < 4.78 is 15.7. The molecule has 0 saturated carbocycles. The van der Waals surface area contributed by atoms with Crippen molar-refractivity contribution >= 4 is 16.9 Å². The lowest BCUT2D eigenvalue weighted by atomic mass is 10.0. The van der Waals surface area contributed by atoms with Gasteiger partial charge in [0.25, 0.3) is 0 Å². The Kier molecular flexibility index (Phi) is 3.28. The van der Waals surface area contributed by atoms with Crippen molar-refractivity contribution in [2.45, 2.75) is 19.1 Å². The van der Waals surface area contributed by atoms with Gasteiger partial charge in [-0.1, -0.05) is 12.1 Å². The largest absolute Gasteiger partial charge is 0.494 e. The smallest absolute Gasteiger partial charge is 0.338 e. The van der Waals surface area contributed by atoms with Crippen LogP contribution in [0.25, 0.3) is 10.9 Å². The van der Waals surface area contributed by atoms with E-state index in [1.807, 2.05) is 24.3 Å². The monoisotopic (exact) mass is 273 g/mol. The normalized spacial score (nSPS) is 20.7. The second kappa shape index (κ2) is 5.09. The molecule has 1 fully saturated rings. The van der Waals surface area contributed by atoms with Crippen LogP contribution in [-0.4, -0.2) is 30.8 Å². The van der Waals surface area contributed by atoms with Crippen molar-refractivity contribution in [3.8, 4) is 5.75 Å². The predicted octanol–water partition coefficient (Wildman–Crippen LogP) is 2.25. The van der Waals surface area contributed by atoms with Crippen LogP contribution in [0.3, 0.4) is 0 Å². The summed E-state index contributed by atoms with van der Waals surface area (Å²) >= 11 is 0. The van der Waals surface area contributed by atoms with Crippen molar-refractivity contribution in [1.29, 1.82) is 0 Å². The standard InChI is InChI=1S/C15H15NO4/c1-3-19-15(17)14-13(20-14)10-6-7-11(18-2)12-9(10)5-4-8-16-12/h4-8,13-14H,3H2,1-2H3. The van der Waals surface area contributed by atoms with Crippen molar-refractivity contribution in [3.63, 3.8) is 0 Å². The number of hydrogen-bond acceptors (Lipinski definition) is 5. The number of ether oxygens (including phenoxy) is 3. The van der Waals surface area contributed by atoms with Gasteiger partial charge < -0.3 is 14.2 Å². The molecule has 104 valence electrons. The fourth-order valence-electron chi connectivity index (χ4n) is 2.33. The van der Waals surface area contributed by atoms with Crippen LogP contribution in [0.5, 0.6) is 5.75 Å². The highest BCUT2D eigenvalue weighted by Crippen LogP contribution is 2.43. The molecule has 2 aromatic rings. The van der Waals surface area contributed by atoms with E-state index in [1.54, 1.807) is 20.2 Å². The third-order valence-electron chi connectivity index (χ3n) is 3.30. The van der Waals surface area contributed by atoms with E-state index in [4.69, 9.17) is 14.2 Å². The van der Waals surface area contributed by atoms with Crippen LogP contribution in [0.2, 0.25) is 0 Å². The van der Waals surface area contributed by atoms with E-state index in [-0.39, 0.29) is 12.1 Å². The molecule has 0 spiro atoms. The predicted molar refractivity (Wildman–Crippen MR) is 72.5 cm³/mol. The van der Waals surface area contributed by atoms with Gasteiger partial charge >= 0.3 is 5.97 Å². The second-order valence-electron chi connectivity index (χ2n) is 4.49. The molecule has 0 aliphatic carbocycles. The van der Waals surface area contributed by atoms with E-state index in [2.05, 4.69) is 4.98 Å². The number of nitrogens with zero attached hydrogens (tertiary/aromatic N) is 1. The molecule has 1 aliphatic rings. The lowest BCUT2D eigenvalue weighted by Crippen LogP contribution is -2.11. The van der Waals surface area contributed by atoms with Crippen LogP contribution < -0.4 is 4.74 Å². The lowest BCUT2D eigenvalue weighted by molar-refractivity contribution is -0.144. The van der Waals surface area contributed by atoms with Gasteiger partial charge in [-0.15, -0.1) is 0 Å². The molecule has 1 aromatic heterocycles. The molecule has 2 atom stereocenters. The summed E-state index contributed by atoms with van der Waals surface area (Å²) in [6.45, 7) is 2.14.